The fraction of sp³-hybridized carbons (Fsp3) is 0.536. The zero-order chi connectivity index (χ0) is 27.1. The van der Waals surface area contributed by atoms with Crippen molar-refractivity contribution in [3.63, 3.8) is 0 Å². The highest BCUT2D eigenvalue weighted by molar-refractivity contribution is 7.91. The molecule has 3 heterocycles. The summed E-state index contributed by atoms with van der Waals surface area (Å²) in [7, 11) is -2.97. The number of carbonyl (C=O) groups excluding carboxylic acids is 3. The Kier molecular flexibility index (Phi) is 7.21. The number of carbonyl (C=O) groups is 3. The van der Waals surface area contributed by atoms with Crippen LogP contribution in [0.4, 0.5) is 0 Å². The molecule has 1 aromatic carbocycles. The third-order valence-corrected chi connectivity index (χ3v) is 9.91. The Balaban J connectivity index is 1.21. The molecule has 3 fully saturated rings. The molecule has 0 spiro atoms. The van der Waals surface area contributed by atoms with Gasteiger partial charge in [-0.25, -0.2) is 8.42 Å². The van der Waals surface area contributed by atoms with Gasteiger partial charge >= 0.3 is 0 Å². The molecule has 10 heteroatoms. The second-order valence-corrected chi connectivity index (χ2v) is 13.5. The molecule has 1 aromatic rings. The summed E-state index contributed by atoms with van der Waals surface area (Å²) in [5, 5.41) is 2.13. The van der Waals surface area contributed by atoms with Crippen molar-refractivity contribution in [1.29, 1.82) is 0 Å². The van der Waals surface area contributed by atoms with E-state index < -0.39 is 27.2 Å². The standard InChI is InChI=1S/C28H35N3O6S/c1-28-13-3-4-23(25(28)27(34)31(18-28)22-9-10-24(32)29-26(22)33)37-17-20-7-5-19(6-8-20)16-30-14-11-21(12-15-30)38(2,35)36/h3-8,21-22H,9-18H2,1-2H3,(H,29,32,33). The van der Waals surface area contributed by atoms with Crippen molar-refractivity contribution in [1.82, 2.24) is 15.1 Å². The number of likely N-dealkylation sites (tertiary alicyclic amines) is 2. The summed E-state index contributed by atoms with van der Waals surface area (Å²) in [4.78, 5) is 41.3. The minimum atomic E-state index is -2.97. The normalized spacial score (nSPS) is 27.1. The van der Waals surface area contributed by atoms with Crippen LogP contribution in [-0.2, 0) is 42.1 Å². The number of nitrogens with one attached hydrogen (secondary N) is 1. The number of hydrogen-bond donors (Lipinski definition) is 1. The maximum atomic E-state index is 13.5. The summed E-state index contributed by atoms with van der Waals surface area (Å²) < 4.78 is 29.7. The average Bonchev–Trinajstić information content (AvgIpc) is 3.14. The Labute approximate surface area is 223 Å². The number of allylic oxidation sites excluding steroid dienone is 2. The first-order valence-corrected chi connectivity index (χ1v) is 15.2. The fourth-order valence-corrected chi connectivity index (χ4v) is 7.08. The fourth-order valence-electron chi connectivity index (χ4n) is 6.01. The summed E-state index contributed by atoms with van der Waals surface area (Å²) in [6.45, 7) is 5.07. The van der Waals surface area contributed by atoms with Gasteiger partial charge in [0.25, 0.3) is 5.91 Å². The first-order valence-electron chi connectivity index (χ1n) is 13.2. The number of sulfone groups is 1. The Hall–Kier alpha value is -2.98. The Morgan fingerprint density at radius 2 is 1.74 bits per heavy atom. The van der Waals surface area contributed by atoms with Crippen LogP contribution in [0, 0.1) is 5.41 Å². The first-order chi connectivity index (χ1) is 18.0. The second-order valence-electron chi connectivity index (χ2n) is 11.2. The highest BCUT2D eigenvalue weighted by Crippen LogP contribution is 2.45. The predicted molar refractivity (Wildman–Crippen MR) is 141 cm³/mol. The van der Waals surface area contributed by atoms with Crippen LogP contribution >= 0.6 is 0 Å². The molecule has 1 N–H and O–H groups in total. The quantitative estimate of drug-likeness (QED) is 0.526. The van der Waals surface area contributed by atoms with Crippen LogP contribution in [0.2, 0.25) is 0 Å². The third-order valence-electron chi connectivity index (χ3n) is 8.23. The molecule has 0 radical (unpaired) electrons. The predicted octanol–water partition coefficient (Wildman–Crippen LogP) is 2.08. The van der Waals surface area contributed by atoms with Gasteiger partial charge in [0.2, 0.25) is 11.8 Å². The molecule has 9 nitrogen and oxygen atoms in total. The molecular weight excluding hydrogens is 506 g/mol. The van der Waals surface area contributed by atoms with E-state index in [1.807, 2.05) is 31.2 Å². The summed E-state index contributed by atoms with van der Waals surface area (Å²) in [6.07, 6.45) is 7.78. The van der Waals surface area contributed by atoms with Crippen molar-refractivity contribution in [3.05, 3.63) is 58.9 Å². The highest BCUT2D eigenvalue weighted by atomic mass is 32.2. The van der Waals surface area contributed by atoms with Crippen LogP contribution in [0.15, 0.2) is 47.7 Å². The lowest BCUT2D eigenvalue weighted by atomic mass is 9.78. The largest absolute Gasteiger partial charge is 0.488 e. The first kappa shape index (κ1) is 26.6. The average molecular weight is 542 g/mol. The Morgan fingerprint density at radius 1 is 1.05 bits per heavy atom. The molecule has 3 amide bonds. The molecule has 38 heavy (non-hydrogen) atoms. The van der Waals surface area contributed by atoms with Gasteiger partial charge in [0, 0.05) is 31.2 Å². The van der Waals surface area contributed by atoms with Crippen molar-refractivity contribution in [2.75, 3.05) is 25.9 Å². The van der Waals surface area contributed by atoms with Gasteiger partial charge in [-0.15, -0.1) is 0 Å². The van der Waals surface area contributed by atoms with E-state index in [1.165, 1.54) is 6.26 Å². The minimum Gasteiger partial charge on any atom is -0.488 e. The second kappa shape index (κ2) is 10.3. The van der Waals surface area contributed by atoms with Gasteiger partial charge in [-0.05, 0) is 56.0 Å². The van der Waals surface area contributed by atoms with Crippen LogP contribution in [0.3, 0.4) is 0 Å². The minimum absolute atomic E-state index is 0.198. The summed E-state index contributed by atoms with van der Waals surface area (Å²) >= 11 is 0. The van der Waals surface area contributed by atoms with Gasteiger partial charge in [0.15, 0.2) is 0 Å². The van der Waals surface area contributed by atoms with E-state index in [0.717, 1.165) is 30.8 Å². The van der Waals surface area contributed by atoms with Crippen LogP contribution in [0.25, 0.3) is 0 Å². The summed E-state index contributed by atoms with van der Waals surface area (Å²) in [5.41, 5.74) is 2.28. The zero-order valence-corrected chi connectivity index (χ0v) is 22.8. The maximum Gasteiger partial charge on any atom is 0.254 e. The molecule has 204 valence electrons. The molecule has 4 aliphatic rings. The lowest BCUT2D eigenvalue weighted by Crippen LogP contribution is -2.53. The molecule has 2 atom stereocenters. The number of nitrogens with zero attached hydrogens (tertiary/aromatic N) is 2. The molecule has 0 saturated carbocycles. The van der Waals surface area contributed by atoms with E-state index in [2.05, 4.69) is 22.3 Å². The SMILES string of the molecule is CC12CC=CC(OCc3ccc(CN4CCC(S(C)(=O)=O)CC4)cc3)=C1C(=O)N(C1CCC(=O)NC1=O)C2. The van der Waals surface area contributed by atoms with Crippen LogP contribution < -0.4 is 5.32 Å². The van der Waals surface area contributed by atoms with Crippen molar-refractivity contribution < 1.29 is 27.5 Å². The number of imide groups is 1. The molecule has 5 rings (SSSR count). The van der Waals surface area contributed by atoms with Crippen LogP contribution in [-0.4, -0.2) is 73.1 Å². The van der Waals surface area contributed by atoms with E-state index in [1.54, 1.807) is 4.90 Å². The van der Waals surface area contributed by atoms with Gasteiger partial charge in [-0.1, -0.05) is 37.3 Å². The highest BCUT2D eigenvalue weighted by Gasteiger charge is 2.51. The zero-order valence-electron chi connectivity index (χ0n) is 21.9. The molecular formula is C28H35N3O6S. The molecule has 3 aliphatic heterocycles. The van der Waals surface area contributed by atoms with Crippen molar-refractivity contribution in [2.24, 2.45) is 5.41 Å². The van der Waals surface area contributed by atoms with Crippen LogP contribution in [0.5, 0.6) is 0 Å². The Morgan fingerprint density at radius 3 is 2.39 bits per heavy atom. The number of benzene rings is 1. The molecule has 0 aromatic heterocycles. The van der Waals surface area contributed by atoms with Gasteiger partial charge in [-0.2, -0.15) is 0 Å². The number of ether oxygens (including phenoxy) is 1. The van der Waals surface area contributed by atoms with Crippen LogP contribution in [0.1, 0.15) is 50.2 Å². The lowest BCUT2D eigenvalue weighted by molar-refractivity contribution is -0.142. The van der Waals surface area contributed by atoms with Gasteiger partial charge in [0.1, 0.15) is 28.2 Å². The molecule has 2 unspecified atom stereocenters. The summed E-state index contributed by atoms with van der Waals surface area (Å²) in [5.74, 6) is -0.366. The third kappa shape index (κ3) is 5.42. The number of hydrogen-bond acceptors (Lipinski definition) is 7. The van der Waals surface area contributed by atoms with E-state index in [0.29, 0.717) is 50.2 Å². The number of amides is 3. The topological polar surface area (TPSA) is 113 Å². The van der Waals surface area contributed by atoms with Gasteiger partial charge < -0.3 is 9.64 Å². The number of fused-ring (bicyclic) bond motifs is 1. The van der Waals surface area contributed by atoms with E-state index >= 15 is 0 Å². The van der Waals surface area contributed by atoms with E-state index in [-0.39, 0.29) is 23.5 Å². The van der Waals surface area contributed by atoms with E-state index in [4.69, 9.17) is 4.74 Å². The van der Waals surface area contributed by atoms with Gasteiger partial charge in [-0.3, -0.25) is 24.6 Å². The maximum absolute atomic E-state index is 13.5. The van der Waals surface area contributed by atoms with Gasteiger partial charge in [0.05, 0.1) is 10.8 Å². The smallest absolute Gasteiger partial charge is 0.254 e. The van der Waals surface area contributed by atoms with E-state index in [9.17, 15) is 22.8 Å². The molecule has 1 aliphatic carbocycles. The number of piperidine rings is 2. The molecule has 3 saturated heterocycles. The summed E-state index contributed by atoms with van der Waals surface area (Å²) in [6, 6.07) is 7.52. The lowest BCUT2D eigenvalue weighted by Gasteiger charge is -2.31. The van der Waals surface area contributed by atoms with Crippen molar-refractivity contribution in [3.8, 4) is 0 Å². The monoisotopic (exact) mass is 541 g/mol. The number of rotatable bonds is 7. The Bertz CT molecular complexity index is 1290. The van der Waals surface area contributed by atoms with Crippen molar-refractivity contribution >= 4 is 27.6 Å². The molecule has 0 bridgehead atoms. The van der Waals surface area contributed by atoms with Crippen molar-refractivity contribution in [2.45, 2.75) is 63.5 Å².